The third-order valence-electron chi connectivity index (χ3n) is 3.33. The van der Waals surface area contributed by atoms with E-state index in [1.807, 2.05) is 24.3 Å². The van der Waals surface area contributed by atoms with Gasteiger partial charge in [-0.2, -0.15) is 0 Å². The van der Waals surface area contributed by atoms with Crippen LogP contribution in [0.5, 0.6) is 5.75 Å². The normalized spacial score (nSPS) is 32.2. The minimum Gasteiger partial charge on any atom is -0.497 e. The van der Waals surface area contributed by atoms with E-state index in [-0.39, 0.29) is 18.5 Å². The Morgan fingerprint density at radius 1 is 1.29 bits per heavy atom. The first-order valence-electron chi connectivity index (χ1n) is 6.02. The molecule has 3 atom stereocenters. The first-order chi connectivity index (χ1) is 8.36. The number of benzene rings is 1. The average Bonchev–Trinajstić information content (AvgIpc) is 2.82. The summed E-state index contributed by atoms with van der Waals surface area (Å²) in [6, 6.07) is 7.86. The molecule has 3 unspecified atom stereocenters. The molecule has 0 radical (unpaired) electrons. The van der Waals surface area contributed by atoms with Gasteiger partial charge in [0.05, 0.1) is 19.3 Å². The smallest absolute Gasteiger partial charge is 0.184 e. The van der Waals surface area contributed by atoms with Crippen molar-refractivity contribution in [2.24, 2.45) is 0 Å². The van der Waals surface area contributed by atoms with Crippen LogP contribution < -0.4 is 10.1 Å². The van der Waals surface area contributed by atoms with Crippen molar-refractivity contribution in [1.82, 2.24) is 5.32 Å². The quantitative estimate of drug-likeness (QED) is 0.842. The van der Waals surface area contributed by atoms with Crippen LogP contribution in [-0.4, -0.2) is 32.4 Å². The number of rotatable bonds is 2. The number of hydrogen-bond acceptors (Lipinski definition) is 4. The topological polar surface area (TPSA) is 39.7 Å². The van der Waals surface area contributed by atoms with Gasteiger partial charge in [-0.25, -0.2) is 0 Å². The third-order valence-corrected chi connectivity index (χ3v) is 3.33. The average molecular weight is 235 g/mol. The zero-order valence-electron chi connectivity index (χ0n) is 9.89. The molecule has 0 bridgehead atoms. The summed E-state index contributed by atoms with van der Waals surface area (Å²) in [7, 11) is 1.67. The largest absolute Gasteiger partial charge is 0.497 e. The Kier molecular flexibility index (Phi) is 3.01. The van der Waals surface area contributed by atoms with Crippen molar-refractivity contribution in [3.05, 3.63) is 29.8 Å². The molecule has 2 fully saturated rings. The number of fused-ring (bicyclic) bond motifs is 1. The molecule has 0 aromatic heterocycles. The fourth-order valence-corrected chi connectivity index (χ4v) is 2.39. The minimum atomic E-state index is -0.250. The second-order valence-corrected chi connectivity index (χ2v) is 4.45. The zero-order chi connectivity index (χ0) is 11.7. The van der Waals surface area contributed by atoms with E-state index >= 15 is 0 Å². The van der Waals surface area contributed by atoms with E-state index in [0.29, 0.717) is 0 Å². The lowest BCUT2D eigenvalue weighted by molar-refractivity contribution is -0.0669. The molecule has 2 heterocycles. The van der Waals surface area contributed by atoms with Crippen LogP contribution in [0, 0.1) is 0 Å². The van der Waals surface area contributed by atoms with Gasteiger partial charge in [-0.3, -0.25) is 0 Å². The molecule has 4 heteroatoms. The highest BCUT2D eigenvalue weighted by Crippen LogP contribution is 2.34. The van der Waals surface area contributed by atoms with Gasteiger partial charge in [-0.05, 0) is 25.1 Å². The van der Waals surface area contributed by atoms with Crippen molar-refractivity contribution < 1.29 is 14.2 Å². The highest BCUT2D eigenvalue weighted by Gasteiger charge is 2.38. The monoisotopic (exact) mass is 235 g/mol. The predicted molar refractivity (Wildman–Crippen MR) is 63.0 cm³/mol. The third kappa shape index (κ3) is 2.16. The molecule has 0 aliphatic carbocycles. The van der Waals surface area contributed by atoms with Crippen molar-refractivity contribution >= 4 is 0 Å². The number of methoxy groups -OCH3 is 1. The molecule has 2 aliphatic rings. The lowest BCUT2D eigenvalue weighted by Gasteiger charge is -2.22. The van der Waals surface area contributed by atoms with E-state index in [1.165, 1.54) is 0 Å². The molecule has 0 amide bonds. The van der Waals surface area contributed by atoms with E-state index in [2.05, 4.69) is 5.32 Å². The molecule has 92 valence electrons. The Balaban J connectivity index is 1.76. The fraction of sp³-hybridized carbons (Fsp3) is 0.538. The maximum absolute atomic E-state index is 5.93. The van der Waals surface area contributed by atoms with Gasteiger partial charge in [0.15, 0.2) is 6.29 Å². The van der Waals surface area contributed by atoms with Crippen molar-refractivity contribution in [2.45, 2.75) is 24.9 Å². The summed E-state index contributed by atoms with van der Waals surface area (Å²) in [4.78, 5) is 0. The summed E-state index contributed by atoms with van der Waals surface area (Å²) in [6.07, 6.45) is 1.18. The molecular formula is C13H17NO3. The molecule has 2 saturated heterocycles. The molecule has 17 heavy (non-hydrogen) atoms. The number of piperidine rings is 1. The van der Waals surface area contributed by atoms with Gasteiger partial charge in [0.2, 0.25) is 0 Å². The lowest BCUT2D eigenvalue weighted by atomic mass is 10.1. The van der Waals surface area contributed by atoms with Crippen LogP contribution in [0.1, 0.15) is 18.3 Å². The van der Waals surface area contributed by atoms with Crippen LogP contribution in [-0.2, 0) is 9.47 Å². The van der Waals surface area contributed by atoms with Gasteiger partial charge >= 0.3 is 0 Å². The van der Waals surface area contributed by atoms with E-state index < -0.39 is 0 Å². The Morgan fingerprint density at radius 3 is 3.00 bits per heavy atom. The van der Waals surface area contributed by atoms with Crippen molar-refractivity contribution in [3.63, 3.8) is 0 Å². The summed E-state index contributed by atoms with van der Waals surface area (Å²) in [5, 5.41) is 3.32. The second-order valence-electron chi connectivity index (χ2n) is 4.45. The maximum atomic E-state index is 5.93. The first-order valence-corrected chi connectivity index (χ1v) is 6.02. The van der Waals surface area contributed by atoms with E-state index in [1.54, 1.807) is 7.11 Å². The van der Waals surface area contributed by atoms with Crippen LogP contribution in [0.2, 0.25) is 0 Å². The summed E-state index contributed by atoms with van der Waals surface area (Å²) >= 11 is 0. The van der Waals surface area contributed by atoms with Gasteiger partial charge in [0.25, 0.3) is 0 Å². The zero-order valence-corrected chi connectivity index (χ0v) is 9.89. The molecule has 1 aromatic rings. The second kappa shape index (κ2) is 4.64. The van der Waals surface area contributed by atoms with E-state index in [9.17, 15) is 0 Å². The van der Waals surface area contributed by atoms with E-state index in [0.717, 1.165) is 30.8 Å². The molecule has 3 rings (SSSR count). The van der Waals surface area contributed by atoms with Crippen LogP contribution in [0.4, 0.5) is 0 Å². The summed E-state index contributed by atoms with van der Waals surface area (Å²) in [6.45, 7) is 1.89. The number of hydrogen-bond donors (Lipinski definition) is 1. The van der Waals surface area contributed by atoms with Crippen LogP contribution in [0.3, 0.4) is 0 Å². The number of ether oxygens (including phenoxy) is 3. The molecule has 1 N–H and O–H groups in total. The lowest BCUT2D eigenvalue weighted by Crippen LogP contribution is -2.41. The molecule has 4 nitrogen and oxygen atoms in total. The molecular weight excluding hydrogens is 218 g/mol. The predicted octanol–water partition coefficient (Wildman–Crippen LogP) is 1.47. The Labute approximate surface area is 101 Å². The van der Waals surface area contributed by atoms with E-state index in [4.69, 9.17) is 14.2 Å². The van der Waals surface area contributed by atoms with Crippen LogP contribution >= 0.6 is 0 Å². The molecule has 0 saturated carbocycles. The van der Waals surface area contributed by atoms with Gasteiger partial charge in [0.1, 0.15) is 5.75 Å². The summed E-state index contributed by atoms with van der Waals surface area (Å²) in [5.41, 5.74) is 1.03. The minimum absolute atomic E-state index is 0.181. The van der Waals surface area contributed by atoms with Gasteiger partial charge in [0, 0.05) is 12.1 Å². The van der Waals surface area contributed by atoms with Crippen LogP contribution in [0.15, 0.2) is 24.3 Å². The number of nitrogens with one attached hydrogen (secondary N) is 1. The summed E-state index contributed by atoms with van der Waals surface area (Å²) in [5.74, 6) is 0.836. The summed E-state index contributed by atoms with van der Waals surface area (Å²) < 4.78 is 17.1. The molecule has 0 spiro atoms. The van der Waals surface area contributed by atoms with Crippen LogP contribution in [0.25, 0.3) is 0 Å². The van der Waals surface area contributed by atoms with Crippen molar-refractivity contribution in [1.29, 1.82) is 0 Å². The highest BCUT2D eigenvalue weighted by atomic mass is 16.7. The Hall–Kier alpha value is -1.10. The van der Waals surface area contributed by atoms with Gasteiger partial charge in [-0.15, -0.1) is 0 Å². The highest BCUT2D eigenvalue weighted by molar-refractivity contribution is 5.29. The van der Waals surface area contributed by atoms with Gasteiger partial charge in [-0.1, -0.05) is 12.1 Å². The molecule has 1 aromatic carbocycles. The SMILES string of the molecule is COc1cccc(C2OC3CCNCC3O2)c1. The fourth-order valence-electron chi connectivity index (χ4n) is 2.39. The Bertz CT molecular complexity index is 382. The Morgan fingerprint density at radius 2 is 2.18 bits per heavy atom. The van der Waals surface area contributed by atoms with Crippen molar-refractivity contribution in [2.75, 3.05) is 20.2 Å². The van der Waals surface area contributed by atoms with Crippen molar-refractivity contribution in [3.8, 4) is 5.75 Å². The standard InChI is InChI=1S/C13H17NO3/c1-15-10-4-2-3-9(7-10)13-16-11-5-6-14-8-12(11)17-13/h2-4,7,11-14H,5-6,8H2,1H3. The van der Waals surface area contributed by atoms with Gasteiger partial charge < -0.3 is 19.5 Å². The first kappa shape index (κ1) is 11.0. The maximum Gasteiger partial charge on any atom is 0.184 e. The molecule has 2 aliphatic heterocycles.